The molecule has 0 unspecified atom stereocenters. The molecule has 0 radical (unpaired) electrons. The highest BCUT2D eigenvalue weighted by molar-refractivity contribution is 7.89. The SMILES string of the molecule is CCN(CC)CCOc1ccccc1CNC(=O)CCNS(=O)(=O)c1cc(C)ccc1C. The molecule has 0 atom stereocenters. The van der Waals surface area contributed by atoms with E-state index in [1.54, 1.807) is 19.1 Å². The third kappa shape index (κ3) is 7.93. The first-order valence-electron chi connectivity index (χ1n) is 11.0. The molecule has 0 aliphatic rings. The quantitative estimate of drug-likeness (QED) is 0.479. The highest BCUT2D eigenvalue weighted by Crippen LogP contribution is 2.18. The molecule has 7 nitrogen and oxygen atoms in total. The van der Waals surface area contributed by atoms with Gasteiger partial charge in [-0.25, -0.2) is 13.1 Å². The Labute approximate surface area is 192 Å². The minimum absolute atomic E-state index is 0.0313. The number of carbonyl (C=O) groups excluding carboxylic acids is 1. The summed E-state index contributed by atoms with van der Waals surface area (Å²) >= 11 is 0. The van der Waals surface area contributed by atoms with Gasteiger partial charge in [-0.1, -0.05) is 44.2 Å². The molecule has 0 fully saturated rings. The highest BCUT2D eigenvalue weighted by Gasteiger charge is 2.17. The maximum atomic E-state index is 12.5. The number of hydrogen-bond donors (Lipinski definition) is 2. The van der Waals surface area contributed by atoms with Gasteiger partial charge in [-0.15, -0.1) is 0 Å². The lowest BCUT2D eigenvalue weighted by molar-refractivity contribution is -0.121. The number of rotatable bonds is 13. The van der Waals surface area contributed by atoms with Crippen molar-refractivity contribution in [1.82, 2.24) is 14.9 Å². The number of benzene rings is 2. The Morgan fingerprint density at radius 3 is 2.50 bits per heavy atom. The number of aryl methyl sites for hydroxylation is 2. The molecule has 8 heteroatoms. The second kappa shape index (κ2) is 12.6. The van der Waals surface area contributed by atoms with Crippen molar-refractivity contribution in [2.75, 3.05) is 32.8 Å². The van der Waals surface area contributed by atoms with Gasteiger partial charge in [-0.05, 0) is 50.2 Å². The fraction of sp³-hybridized carbons (Fsp3) is 0.458. The van der Waals surface area contributed by atoms with Gasteiger partial charge >= 0.3 is 0 Å². The van der Waals surface area contributed by atoms with Crippen LogP contribution in [0.3, 0.4) is 0 Å². The Morgan fingerprint density at radius 1 is 1.06 bits per heavy atom. The van der Waals surface area contributed by atoms with Crippen LogP contribution in [0.15, 0.2) is 47.4 Å². The summed E-state index contributed by atoms with van der Waals surface area (Å²) in [4.78, 5) is 14.8. The lowest BCUT2D eigenvalue weighted by Crippen LogP contribution is -2.31. The molecule has 2 rings (SSSR count). The number of para-hydroxylation sites is 1. The van der Waals surface area contributed by atoms with Crippen LogP contribution in [0.1, 0.15) is 37.0 Å². The molecule has 2 aromatic carbocycles. The Balaban J connectivity index is 1.83. The fourth-order valence-electron chi connectivity index (χ4n) is 3.27. The molecule has 0 aliphatic carbocycles. The van der Waals surface area contributed by atoms with Gasteiger partial charge in [-0.2, -0.15) is 0 Å². The number of ether oxygens (including phenoxy) is 1. The largest absolute Gasteiger partial charge is 0.492 e. The lowest BCUT2D eigenvalue weighted by atomic mass is 10.2. The van der Waals surface area contributed by atoms with Crippen LogP contribution in [-0.2, 0) is 21.4 Å². The van der Waals surface area contributed by atoms with E-state index in [4.69, 9.17) is 4.74 Å². The molecular formula is C24H35N3O4S. The summed E-state index contributed by atoms with van der Waals surface area (Å²) < 4.78 is 33.5. The van der Waals surface area contributed by atoms with Gasteiger partial charge in [0.05, 0.1) is 4.90 Å². The van der Waals surface area contributed by atoms with Crippen LogP contribution in [0.5, 0.6) is 5.75 Å². The Kier molecular flexibility index (Phi) is 10.2. The second-order valence-electron chi connectivity index (χ2n) is 7.68. The van der Waals surface area contributed by atoms with E-state index in [-0.39, 0.29) is 23.8 Å². The minimum Gasteiger partial charge on any atom is -0.492 e. The first-order valence-corrected chi connectivity index (χ1v) is 12.5. The minimum atomic E-state index is -3.66. The smallest absolute Gasteiger partial charge is 0.240 e. The average molecular weight is 462 g/mol. The Bertz CT molecular complexity index is 988. The van der Waals surface area contributed by atoms with Crippen molar-refractivity contribution in [2.45, 2.75) is 45.6 Å². The van der Waals surface area contributed by atoms with Crippen molar-refractivity contribution in [1.29, 1.82) is 0 Å². The monoisotopic (exact) mass is 461 g/mol. The van der Waals surface area contributed by atoms with Crippen molar-refractivity contribution in [3.05, 3.63) is 59.2 Å². The zero-order valence-electron chi connectivity index (χ0n) is 19.5. The van der Waals surface area contributed by atoms with Crippen molar-refractivity contribution >= 4 is 15.9 Å². The molecule has 32 heavy (non-hydrogen) atoms. The van der Waals surface area contributed by atoms with Crippen molar-refractivity contribution in [2.24, 2.45) is 0 Å². The van der Waals surface area contributed by atoms with Gasteiger partial charge in [0.2, 0.25) is 15.9 Å². The van der Waals surface area contributed by atoms with E-state index in [2.05, 4.69) is 28.8 Å². The highest BCUT2D eigenvalue weighted by atomic mass is 32.2. The van der Waals surface area contributed by atoms with Gasteiger partial charge < -0.3 is 15.0 Å². The first-order chi connectivity index (χ1) is 15.3. The molecule has 0 heterocycles. The summed E-state index contributed by atoms with van der Waals surface area (Å²) in [5.41, 5.74) is 2.42. The molecule has 0 saturated carbocycles. The topological polar surface area (TPSA) is 87.7 Å². The molecular weight excluding hydrogens is 426 g/mol. The molecule has 2 N–H and O–H groups in total. The molecule has 0 bridgehead atoms. The standard InChI is InChI=1S/C24H35N3O4S/c1-5-27(6-2)15-16-31-22-10-8-7-9-21(22)18-25-24(28)13-14-26-32(29,30)23-17-19(3)11-12-20(23)4/h7-12,17,26H,5-6,13-16,18H2,1-4H3,(H,25,28). The van der Waals surface area contributed by atoms with Crippen molar-refractivity contribution in [3.8, 4) is 5.75 Å². The summed E-state index contributed by atoms with van der Waals surface area (Å²) in [5, 5.41) is 2.84. The van der Waals surface area contributed by atoms with Crippen molar-refractivity contribution in [3.63, 3.8) is 0 Å². The lowest BCUT2D eigenvalue weighted by Gasteiger charge is -2.19. The van der Waals surface area contributed by atoms with Gasteiger partial charge in [0, 0.05) is 31.6 Å². The van der Waals surface area contributed by atoms with Crippen LogP contribution in [0.4, 0.5) is 0 Å². The van der Waals surface area contributed by atoms with E-state index in [0.717, 1.165) is 36.5 Å². The number of amides is 1. The number of likely N-dealkylation sites (N-methyl/N-ethyl adjacent to an activating group) is 1. The van der Waals surface area contributed by atoms with Gasteiger partial charge in [0.25, 0.3) is 0 Å². The molecule has 0 aliphatic heterocycles. The van der Waals surface area contributed by atoms with Crippen LogP contribution in [0.25, 0.3) is 0 Å². The first kappa shape index (κ1) is 25.8. The number of carbonyl (C=O) groups is 1. The maximum Gasteiger partial charge on any atom is 0.240 e. The fourth-order valence-corrected chi connectivity index (χ4v) is 4.63. The Morgan fingerprint density at radius 2 is 1.78 bits per heavy atom. The van der Waals surface area contributed by atoms with Crippen LogP contribution in [0.2, 0.25) is 0 Å². The number of hydrogen-bond acceptors (Lipinski definition) is 5. The van der Waals surface area contributed by atoms with Crippen LogP contribution in [0, 0.1) is 13.8 Å². The molecule has 176 valence electrons. The number of nitrogens with one attached hydrogen (secondary N) is 2. The van der Waals surface area contributed by atoms with Gasteiger partial charge in [0.15, 0.2) is 0 Å². The number of nitrogens with zero attached hydrogens (tertiary/aromatic N) is 1. The zero-order valence-corrected chi connectivity index (χ0v) is 20.3. The predicted octanol–water partition coefficient (Wildman–Crippen LogP) is 3.01. The third-order valence-electron chi connectivity index (χ3n) is 5.29. The second-order valence-corrected chi connectivity index (χ2v) is 9.41. The molecule has 1 amide bonds. The van der Waals surface area contributed by atoms with Gasteiger partial charge in [0.1, 0.15) is 12.4 Å². The van der Waals surface area contributed by atoms with E-state index >= 15 is 0 Å². The normalized spacial score (nSPS) is 11.5. The predicted molar refractivity (Wildman–Crippen MR) is 127 cm³/mol. The molecule has 0 aromatic heterocycles. The van der Waals surface area contributed by atoms with Crippen LogP contribution >= 0.6 is 0 Å². The molecule has 0 saturated heterocycles. The summed E-state index contributed by atoms with van der Waals surface area (Å²) in [6.45, 7) is 11.6. The molecule has 0 spiro atoms. The van der Waals surface area contributed by atoms with Crippen LogP contribution < -0.4 is 14.8 Å². The van der Waals surface area contributed by atoms with Gasteiger partial charge in [-0.3, -0.25) is 4.79 Å². The number of sulfonamides is 1. The van der Waals surface area contributed by atoms with E-state index in [0.29, 0.717) is 18.7 Å². The van der Waals surface area contributed by atoms with Crippen molar-refractivity contribution < 1.29 is 17.9 Å². The van der Waals surface area contributed by atoms with E-state index < -0.39 is 10.0 Å². The summed E-state index contributed by atoms with van der Waals surface area (Å²) in [6.07, 6.45) is 0.0507. The average Bonchev–Trinajstić information content (AvgIpc) is 2.77. The zero-order chi connectivity index (χ0) is 23.6. The summed E-state index contributed by atoms with van der Waals surface area (Å²) in [5.74, 6) is 0.516. The molecule has 2 aromatic rings. The maximum absolute atomic E-state index is 12.5. The van der Waals surface area contributed by atoms with E-state index in [1.807, 2.05) is 37.3 Å². The van der Waals surface area contributed by atoms with E-state index in [1.165, 1.54) is 0 Å². The van der Waals surface area contributed by atoms with Crippen LogP contribution in [-0.4, -0.2) is 52.0 Å². The van der Waals surface area contributed by atoms with E-state index in [9.17, 15) is 13.2 Å². The Hall–Kier alpha value is -2.42. The third-order valence-corrected chi connectivity index (χ3v) is 6.89. The summed E-state index contributed by atoms with van der Waals surface area (Å²) in [6, 6.07) is 12.9. The summed E-state index contributed by atoms with van der Waals surface area (Å²) in [7, 11) is -3.66.